The summed E-state index contributed by atoms with van der Waals surface area (Å²) in [5.74, 6) is 1.76. The Kier molecular flexibility index (Phi) is 5.86. The van der Waals surface area contributed by atoms with Crippen molar-refractivity contribution in [3.05, 3.63) is 41.0 Å². The molecular weight excluding hydrogens is 258 g/mol. The van der Waals surface area contributed by atoms with E-state index in [2.05, 4.69) is 57.3 Å². The third-order valence-corrected chi connectivity index (χ3v) is 3.88. The highest BCUT2D eigenvalue weighted by Crippen LogP contribution is 2.28. The molecule has 0 bridgehead atoms. The van der Waals surface area contributed by atoms with Crippen molar-refractivity contribution in [2.45, 2.75) is 59.6 Å². The van der Waals surface area contributed by atoms with E-state index in [1.165, 1.54) is 29.5 Å². The molecule has 21 heavy (non-hydrogen) atoms. The van der Waals surface area contributed by atoms with Gasteiger partial charge in [-0.05, 0) is 68.3 Å². The SMILES string of the molecule is Cc1cc(CNCC(C)C)cc(C)c1OC1C=CCCC1. The van der Waals surface area contributed by atoms with E-state index in [-0.39, 0.29) is 6.10 Å². The molecule has 1 unspecified atom stereocenters. The van der Waals surface area contributed by atoms with E-state index in [0.29, 0.717) is 5.92 Å². The molecule has 2 heteroatoms. The maximum absolute atomic E-state index is 6.21. The summed E-state index contributed by atoms with van der Waals surface area (Å²) in [6.45, 7) is 10.8. The third kappa shape index (κ3) is 4.89. The summed E-state index contributed by atoms with van der Waals surface area (Å²) in [5.41, 5.74) is 3.84. The maximum atomic E-state index is 6.21. The summed E-state index contributed by atoms with van der Waals surface area (Å²) in [7, 11) is 0. The molecule has 0 aliphatic heterocycles. The van der Waals surface area contributed by atoms with E-state index in [4.69, 9.17) is 4.74 Å². The van der Waals surface area contributed by atoms with Crippen LogP contribution in [0.2, 0.25) is 0 Å². The van der Waals surface area contributed by atoms with Crippen molar-refractivity contribution in [1.82, 2.24) is 5.32 Å². The highest BCUT2D eigenvalue weighted by molar-refractivity contribution is 5.43. The number of hydrogen-bond acceptors (Lipinski definition) is 2. The topological polar surface area (TPSA) is 21.3 Å². The molecule has 0 saturated carbocycles. The molecule has 2 nitrogen and oxygen atoms in total. The first-order chi connectivity index (χ1) is 10.1. The molecule has 1 aromatic carbocycles. The van der Waals surface area contributed by atoms with Gasteiger partial charge in [0.05, 0.1) is 0 Å². The zero-order valence-corrected chi connectivity index (χ0v) is 13.9. The second-order valence-corrected chi connectivity index (χ2v) is 6.60. The Bertz CT molecular complexity index is 467. The first-order valence-corrected chi connectivity index (χ1v) is 8.20. The number of rotatable bonds is 6. The fourth-order valence-electron chi connectivity index (χ4n) is 2.86. The van der Waals surface area contributed by atoms with Crippen molar-refractivity contribution < 1.29 is 4.74 Å². The van der Waals surface area contributed by atoms with Crippen LogP contribution in [0.1, 0.15) is 49.8 Å². The summed E-state index contributed by atoms with van der Waals surface area (Å²) in [5, 5.41) is 3.50. The summed E-state index contributed by atoms with van der Waals surface area (Å²) in [6.07, 6.45) is 8.26. The van der Waals surface area contributed by atoms with Crippen molar-refractivity contribution in [3.63, 3.8) is 0 Å². The smallest absolute Gasteiger partial charge is 0.126 e. The van der Waals surface area contributed by atoms with Crippen LogP contribution in [0.15, 0.2) is 24.3 Å². The van der Waals surface area contributed by atoms with Crippen LogP contribution in [0.4, 0.5) is 0 Å². The zero-order valence-electron chi connectivity index (χ0n) is 13.9. The van der Waals surface area contributed by atoms with E-state index >= 15 is 0 Å². The van der Waals surface area contributed by atoms with E-state index in [9.17, 15) is 0 Å². The minimum atomic E-state index is 0.251. The molecule has 0 saturated heterocycles. The first-order valence-electron chi connectivity index (χ1n) is 8.20. The van der Waals surface area contributed by atoms with Gasteiger partial charge in [0.1, 0.15) is 11.9 Å². The lowest BCUT2D eigenvalue weighted by molar-refractivity contribution is 0.227. The van der Waals surface area contributed by atoms with Crippen molar-refractivity contribution in [3.8, 4) is 5.75 Å². The van der Waals surface area contributed by atoms with Crippen LogP contribution < -0.4 is 10.1 Å². The Morgan fingerprint density at radius 1 is 1.24 bits per heavy atom. The largest absolute Gasteiger partial charge is 0.486 e. The molecule has 1 aromatic rings. The molecule has 0 radical (unpaired) electrons. The minimum absolute atomic E-state index is 0.251. The first kappa shape index (κ1) is 16.1. The van der Waals surface area contributed by atoms with Gasteiger partial charge in [-0.1, -0.05) is 32.1 Å². The number of nitrogens with one attached hydrogen (secondary N) is 1. The Labute approximate surface area is 129 Å². The fourth-order valence-corrected chi connectivity index (χ4v) is 2.86. The molecule has 1 aliphatic rings. The van der Waals surface area contributed by atoms with Crippen molar-refractivity contribution in [2.75, 3.05) is 6.54 Å². The van der Waals surface area contributed by atoms with Gasteiger partial charge in [-0.25, -0.2) is 0 Å². The van der Waals surface area contributed by atoms with Gasteiger partial charge in [-0.15, -0.1) is 0 Å². The summed E-state index contributed by atoms with van der Waals surface area (Å²) in [4.78, 5) is 0. The number of hydrogen-bond donors (Lipinski definition) is 1. The standard InChI is InChI=1S/C19H29NO/c1-14(2)12-20-13-17-10-15(3)19(16(4)11-17)21-18-8-6-5-7-9-18/h6,8,10-11,14,18,20H,5,7,9,12-13H2,1-4H3. The second-order valence-electron chi connectivity index (χ2n) is 6.60. The monoisotopic (exact) mass is 287 g/mol. The average Bonchev–Trinajstić information content (AvgIpc) is 2.44. The fraction of sp³-hybridized carbons (Fsp3) is 0.579. The minimum Gasteiger partial charge on any atom is -0.486 e. The van der Waals surface area contributed by atoms with Gasteiger partial charge < -0.3 is 10.1 Å². The summed E-state index contributed by atoms with van der Waals surface area (Å²) < 4.78 is 6.21. The van der Waals surface area contributed by atoms with Gasteiger partial charge in [0.25, 0.3) is 0 Å². The maximum Gasteiger partial charge on any atom is 0.126 e. The van der Waals surface area contributed by atoms with Crippen LogP contribution in [0, 0.1) is 19.8 Å². The molecular formula is C19H29NO. The van der Waals surface area contributed by atoms with Crippen molar-refractivity contribution >= 4 is 0 Å². The number of benzene rings is 1. The van der Waals surface area contributed by atoms with E-state index < -0.39 is 0 Å². The zero-order chi connectivity index (χ0) is 15.2. The second kappa shape index (κ2) is 7.65. The molecule has 0 heterocycles. The van der Waals surface area contributed by atoms with Gasteiger partial charge >= 0.3 is 0 Å². The molecule has 116 valence electrons. The van der Waals surface area contributed by atoms with E-state index in [1.54, 1.807) is 0 Å². The molecule has 1 atom stereocenters. The van der Waals surface area contributed by atoms with Crippen LogP contribution in [0.25, 0.3) is 0 Å². The molecule has 2 rings (SSSR count). The van der Waals surface area contributed by atoms with Gasteiger partial charge in [0.2, 0.25) is 0 Å². The Morgan fingerprint density at radius 2 is 1.95 bits per heavy atom. The van der Waals surface area contributed by atoms with Crippen molar-refractivity contribution in [2.24, 2.45) is 5.92 Å². The molecule has 1 aliphatic carbocycles. The van der Waals surface area contributed by atoms with Crippen LogP contribution in [0.5, 0.6) is 5.75 Å². The van der Waals surface area contributed by atoms with Gasteiger partial charge in [-0.3, -0.25) is 0 Å². The van der Waals surface area contributed by atoms with Gasteiger partial charge in [0.15, 0.2) is 0 Å². The van der Waals surface area contributed by atoms with Crippen LogP contribution in [-0.4, -0.2) is 12.6 Å². The molecule has 0 spiro atoms. The molecule has 0 fully saturated rings. The lowest BCUT2D eigenvalue weighted by atomic mass is 10.0. The highest BCUT2D eigenvalue weighted by atomic mass is 16.5. The van der Waals surface area contributed by atoms with Crippen molar-refractivity contribution in [1.29, 1.82) is 0 Å². The van der Waals surface area contributed by atoms with E-state index in [0.717, 1.165) is 25.3 Å². The molecule has 1 N–H and O–H groups in total. The average molecular weight is 287 g/mol. The highest BCUT2D eigenvalue weighted by Gasteiger charge is 2.13. The van der Waals surface area contributed by atoms with Gasteiger partial charge in [-0.2, -0.15) is 0 Å². The van der Waals surface area contributed by atoms with Crippen LogP contribution in [0.3, 0.4) is 0 Å². The van der Waals surface area contributed by atoms with Crippen LogP contribution >= 0.6 is 0 Å². The van der Waals surface area contributed by atoms with Gasteiger partial charge in [0, 0.05) is 6.54 Å². The molecule has 0 amide bonds. The Balaban J connectivity index is 2.02. The predicted octanol–water partition coefficient (Wildman–Crippen LogP) is 4.54. The number of ether oxygens (including phenoxy) is 1. The summed E-state index contributed by atoms with van der Waals surface area (Å²) in [6, 6.07) is 4.50. The quantitative estimate of drug-likeness (QED) is 0.776. The van der Waals surface area contributed by atoms with E-state index in [1.807, 2.05) is 0 Å². The summed E-state index contributed by atoms with van der Waals surface area (Å²) >= 11 is 0. The lowest BCUT2D eigenvalue weighted by Crippen LogP contribution is -2.19. The lowest BCUT2D eigenvalue weighted by Gasteiger charge is -2.22. The Hall–Kier alpha value is -1.28. The molecule has 0 aromatic heterocycles. The number of aryl methyl sites for hydroxylation is 2. The van der Waals surface area contributed by atoms with Crippen LogP contribution in [-0.2, 0) is 6.54 Å². The third-order valence-electron chi connectivity index (χ3n) is 3.88. The normalized spacial score (nSPS) is 18.2. The predicted molar refractivity (Wildman–Crippen MR) is 89.9 cm³/mol. The number of allylic oxidation sites excluding steroid dienone is 1. The Morgan fingerprint density at radius 3 is 2.52 bits per heavy atom.